The molecule has 0 amide bonds. The van der Waals surface area contributed by atoms with Crippen molar-refractivity contribution >= 4 is 17.6 Å². The van der Waals surface area contributed by atoms with E-state index in [4.69, 9.17) is 21.4 Å². The van der Waals surface area contributed by atoms with Crippen LogP contribution in [-0.4, -0.2) is 28.2 Å². The SMILES string of the molecule is COC(C)(C)c1ncc(Cl)c(C(=O)O)n1. The molecule has 15 heavy (non-hydrogen) atoms. The van der Waals surface area contributed by atoms with Crippen LogP contribution in [0, 0.1) is 0 Å². The van der Waals surface area contributed by atoms with Gasteiger partial charge in [-0.05, 0) is 13.8 Å². The van der Waals surface area contributed by atoms with Crippen molar-refractivity contribution in [3.8, 4) is 0 Å². The van der Waals surface area contributed by atoms with Gasteiger partial charge in [0.1, 0.15) is 5.60 Å². The van der Waals surface area contributed by atoms with Crippen LogP contribution in [0.4, 0.5) is 0 Å². The zero-order valence-corrected chi connectivity index (χ0v) is 9.37. The fourth-order valence-corrected chi connectivity index (χ4v) is 1.07. The second kappa shape index (κ2) is 4.12. The molecular weight excluding hydrogens is 220 g/mol. The standard InChI is InChI=1S/C9H11ClN2O3/c1-9(2,15-3)8-11-4-5(10)6(12-8)7(13)14/h4H,1-3H3,(H,13,14). The summed E-state index contributed by atoms with van der Waals surface area (Å²) in [5, 5.41) is 8.83. The molecule has 1 heterocycles. The van der Waals surface area contributed by atoms with Gasteiger partial charge in [-0.3, -0.25) is 0 Å². The van der Waals surface area contributed by atoms with Crippen molar-refractivity contribution in [3.63, 3.8) is 0 Å². The Bertz CT molecular complexity index is 393. The van der Waals surface area contributed by atoms with Crippen molar-refractivity contribution in [3.05, 3.63) is 22.7 Å². The molecule has 0 aliphatic carbocycles. The van der Waals surface area contributed by atoms with Gasteiger partial charge in [-0.1, -0.05) is 11.6 Å². The molecule has 6 heteroatoms. The minimum Gasteiger partial charge on any atom is -0.476 e. The van der Waals surface area contributed by atoms with Crippen molar-refractivity contribution in [2.75, 3.05) is 7.11 Å². The number of aromatic nitrogens is 2. The first-order chi connectivity index (χ1) is 6.88. The Morgan fingerprint density at radius 1 is 1.60 bits per heavy atom. The molecule has 1 aromatic heterocycles. The number of carboxylic acids is 1. The molecule has 82 valence electrons. The molecule has 0 radical (unpaired) electrons. The van der Waals surface area contributed by atoms with Crippen molar-refractivity contribution in [1.82, 2.24) is 9.97 Å². The minimum atomic E-state index is -1.18. The van der Waals surface area contributed by atoms with Crippen molar-refractivity contribution < 1.29 is 14.6 Å². The van der Waals surface area contributed by atoms with E-state index in [2.05, 4.69) is 9.97 Å². The summed E-state index contributed by atoms with van der Waals surface area (Å²) in [5.41, 5.74) is -0.957. The first kappa shape index (κ1) is 11.9. The quantitative estimate of drug-likeness (QED) is 0.856. The highest BCUT2D eigenvalue weighted by molar-refractivity contribution is 6.33. The molecule has 1 aromatic rings. The van der Waals surface area contributed by atoms with E-state index in [-0.39, 0.29) is 16.5 Å². The molecule has 0 fully saturated rings. The number of hydrogen-bond acceptors (Lipinski definition) is 4. The maximum absolute atomic E-state index is 10.8. The van der Waals surface area contributed by atoms with Gasteiger partial charge in [0, 0.05) is 7.11 Å². The Labute approximate surface area is 92.1 Å². The maximum Gasteiger partial charge on any atom is 0.356 e. The molecule has 0 saturated heterocycles. The van der Waals surface area contributed by atoms with Crippen LogP contribution < -0.4 is 0 Å². The van der Waals surface area contributed by atoms with Crippen LogP contribution in [0.3, 0.4) is 0 Å². The van der Waals surface area contributed by atoms with Gasteiger partial charge in [-0.25, -0.2) is 14.8 Å². The van der Waals surface area contributed by atoms with Crippen LogP contribution >= 0.6 is 11.6 Å². The second-order valence-electron chi connectivity index (χ2n) is 3.41. The number of hydrogen-bond donors (Lipinski definition) is 1. The number of carboxylic acid groups (broad SMARTS) is 1. The summed E-state index contributed by atoms with van der Waals surface area (Å²) >= 11 is 5.64. The maximum atomic E-state index is 10.8. The third-order valence-corrected chi connectivity index (χ3v) is 2.27. The van der Waals surface area contributed by atoms with Gasteiger partial charge in [0.2, 0.25) is 0 Å². The monoisotopic (exact) mass is 230 g/mol. The number of ether oxygens (including phenoxy) is 1. The molecule has 0 aliphatic rings. The first-order valence-corrected chi connectivity index (χ1v) is 4.57. The molecule has 0 spiro atoms. The van der Waals surface area contributed by atoms with Gasteiger partial charge in [0.15, 0.2) is 11.5 Å². The predicted molar refractivity (Wildman–Crippen MR) is 54.0 cm³/mol. The summed E-state index contributed by atoms with van der Waals surface area (Å²) in [6.45, 7) is 3.48. The number of nitrogens with zero attached hydrogens (tertiary/aromatic N) is 2. The number of carbonyl (C=O) groups is 1. The normalized spacial score (nSPS) is 11.5. The number of rotatable bonds is 3. The third-order valence-electron chi connectivity index (χ3n) is 2.00. The summed E-state index contributed by atoms with van der Waals surface area (Å²) in [6, 6.07) is 0. The molecule has 0 bridgehead atoms. The Morgan fingerprint density at radius 2 is 2.20 bits per heavy atom. The van der Waals surface area contributed by atoms with Crippen molar-refractivity contribution in [2.24, 2.45) is 0 Å². The van der Waals surface area contributed by atoms with E-state index >= 15 is 0 Å². The fourth-order valence-electron chi connectivity index (χ4n) is 0.898. The van der Waals surface area contributed by atoms with Crippen LogP contribution in [0.5, 0.6) is 0 Å². The van der Waals surface area contributed by atoms with Crippen LogP contribution in [0.15, 0.2) is 6.20 Å². The van der Waals surface area contributed by atoms with E-state index in [9.17, 15) is 4.79 Å². The number of aromatic carboxylic acids is 1. The second-order valence-corrected chi connectivity index (χ2v) is 3.82. The molecular formula is C9H11ClN2O3. The van der Waals surface area contributed by atoms with E-state index in [0.29, 0.717) is 0 Å². The van der Waals surface area contributed by atoms with E-state index in [0.717, 1.165) is 0 Å². The summed E-state index contributed by atoms with van der Waals surface area (Å²) in [7, 11) is 1.50. The Morgan fingerprint density at radius 3 is 2.67 bits per heavy atom. The fraction of sp³-hybridized carbons (Fsp3) is 0.444. The summed E-state index contributed by atoms with van der Waals surface area (Å²) in [4.78, 5) is 18.6. The predicted octanol–water partition coefficient (Wildman–Crippen LogP) is 1.71. The Hall–Kier alpha value is -1.20. The third kappa shape index (κ3) is 2.43. The zero-order valence-electron chi connectivity index (χ0n) is 8.61. The zero-order chi connectivity index (χ0) is 11.6. The lowest BCUT2D eigenvalue weighted by atomic mass is 10.1. The lowest BCUT2D eigenvalue weighted by molar-refractivity contribution is 0.0112. The highest BCUT2D eigenvalue weighted by Gasteiger charge is 2.25. The van der Waals surface area contributed by atoms with Crippen LogP contribution in [-0.2, 0) is 10.3 Å². The van der Waals surface area contributed by atoms with Crippen LogP contribution in [0.1, 0.15) is 30.2 Å². The van der Waals surface area contributed by atoms with E-state index < -0.39 is 11.6 Å². The van der Waals surface area contributed by atoms with E-state index in [1.54, 1.807) is 13.8 Å². The molecule has 0 unspecified atom stereocenters. The molecule has 0 saturated carbocycles. The lowest BCUT2D eigenvalue weighted by Crippen LogP contribution is -2.24. The molecule has 0 atom stereocenters. The molecule has 5 nitrogen and oxygen atoms in total. The summed E-state index contributed by atoms with van der Waals surface area (Å²) in [5.74, 6) is -0.901. The molecule has 1 N–H and O–H groups in total. The average Bonchev–Trinajstić information content (AvgIpc) is 2.17. The largest absolute Gasteiger partial charge is 0.476 e. The highest BCUT2D eigenvalue weighted by Crippen LogP contribution is 2.22. The van der Waals surface area contributed by atoms with Gasteiger partial charge in [-0.15, -0.1) is 0 Å². The smallest absolute Gasteiger partial charge is 0.356 e. The van der Waals surface area contributed by atoms with Gasteiger partial charge >= 0.3 is 5.97 Å². The van der Waals surface area contributed by atoms with Crippen LogP contribution in [0.2, 0.25) is 5.02 Å². The topological polar surface area (TPSA) is 72.3 Å². The van der Waals surface area contributed by atoms with Crippen LogP contribution in [0.25, 0.3) is 0 Å². The van der Waals surface area contributed by atoms with Crippen molar-refractivity contribution in [1.29, 1.82) is 0 Å². The average molecular weight is 231 g/mol. The molecule has 1 rings (SSSR count). The van der Waals surface area contributed by atoms with E-state index in [1.807, 2.05) is 0 Å². The Kier molecular flexibility index (Phi) is 3.26. The minimum absolute atomic E-state index is 0.0122. The molecule has 0 aliphatic heterocycles. The van der Waals surface area contributed by atoms with Crippen molar-refractivity contribution in [2.45, 2.75) is 19.4 Å². The van der Waals surface area contributed by atoms with Gasteiger partial charge in [0.25, 0.3) is 0 Å². The number of halogens is 1. The Balaban J connectivity index is 3.25. The lowest BCUT2D eigenvalue weighted by Gasteiger charge is -2.21. The first-order valence-electron chi connectivity index (χ1n) is 4.20. The molecule has 0 aromatic carbocycles. The van der Waals surface area contributed by atoms with Gasteiger partial charge in [0.05, 0.1) is 11.2 Å². The highest BCUT2D eigenvalue weighted by atomic mass is 35.5. The summed E-state index contributed by atoms with van der Waals surface area (Å²) < 4.78 is 5.14. The number of methoxy groups -OCH3 is 1. The summed E-state index contributed by atoms with van der Waals surface area (Å²) in [6.07, 6.45) is 1.26. The van der Waals surface area contributed by atoms with Gasteiger partial charge < -0.3 is 9.84 Å². The van der Waals surface area contributed by atoms with Gasteiger partial charge in [-0.2, -0.15) is 0 Å². The van der Waals surface area contributed by atoms with E-state index in [1.165, 1.54) is 13.3 Å².